The summed E-state index contributed by atoms with van der Waals surface area (Å²) in [5.41, 5.74) is 6.66. The van der Waals surface area contributed by atoms with Crippen LogP contribution in [0.2, 0.25) is 0 Å². The van der Waals surface area contributed by atoms with Gasteiger partial charge in [-0.15, -0.1) is 0 Å². The molecule has 1 unspecified atom stereocenters. The van der Waals surface area contributed by atoms with Gasteiger partial charge in [0.25, 0.3) is 0 Å². The van der Waals surface area contributed by atoms with Gasteiger partial charge in [-0.05, 0) is 30.7 Å². The summed E-state index contributed by atoms with van der Waals surface area (Å²) in [6.07, 6.45) is 0. The standard InChI is InChI=1S/C15H15FN2O3/c1-10(17)12-4-2-3-5-15(12)21-9-11-6-7-14(18(19)20)13(16)8-11/h2-8,10H,9,17H2,1H3. The van der Waals surface area contributed by atoms with Crippen LogP contribution in [0, 0.1) is 15.9 Å². The average Bonchev–Trinajstić information content (AvgIpc) is 2.45. The first-order chi connectivity index (χ1) is 9.99. The Morgan fingerprint density at radius 3 is 2.67 bits per heavy atom. The molecule has 0 amide bonds. The van der Waals surface area contributed by atoms with Crippen LogP contribution in [0.4, 0.5) is 10.1 Å². The van der Waals surface area contributed by atoms with E-state index in [1.807, 2.05) is 25.1 Å². The predicted octanol–water partition coefficient (Wildman–Crippen LogP) is 3.33. The van der Waals surface area contributed by atoms with E-state index in [0.29, 0.717) is 11.3 Å². The number of halogens is 1. The van der Waals surface area contributed by atoms with Crippen LogP contribution in [-0.4, -0.2) is 4.92 Å². The van der Waals surface area contributed by atoms with Crippen LogP contribution in [-0.2, 0) is 6.61 Å². The number of para-hydroxylation sites is 1. The maximum Gasteiger partial charge on any atom is 0.304 e. The predicted molar refractivity (Wildman–Crippen MR) is 76.4 cm³/mol. The maximum absolute atomic E-state index is 13.5. The normalized spacial score (nSPS) is 12.0. The van der Waals surface area contributed by atoms with Crippen LogP contribution in [0.15, 0.2) is 42.5 Å². The zero-order valence-electron chi connectivity index (χ0n) is 11.5. The number of nitro benzene ring substituents is 1. The fourth-order valence-corrected chi connectivity index (χ4v) is 1.94. The minimum Gasteiger partial charge on any atom is -0.489 e. The highest BCUT2D eigenvalue weighted by molar-refractivity contribution is 5.37. The van der Waals surface area contributed by atoms with Crippen molar-refractivity contribution < 1.29 is 14.1 Å². The van der Waals surface area contributed by atoms with Crippen molar-refractivity contribution in [1.29, 1.82) is 0 Å². The molecule has 0 spiro atoms. The lowest BCUT2D eigenvalue weighted by Gasteiger charge is -2.13. The van der Waals surface area contributed by atoms with E-state index >= 15 is 0 Å². The van der Waals surface area contributed by atoms with E-state index in [-0.39, 0.29) is 12.6 Å². The summed E-state index contributed by atoms with van der Waals surface area (Å²) in [5, 5.41) is 10.6. The van der Waals surface area contributed by atoms with Gasteiger partial charge in [0.1, 0.15) is 12.4 Å². The van der Waals surface area contributed by atoms with Crippen molar-refractivity contribution in [2.24, 2.45) is 5.73 Å². The highest BCUT2D eigenvalue weighted by Crippen LogP contribution is 2.25. The lowest BCUT2D eigenvalue weighted by Crippen LogP contribution is -2.08. The van der Waals surface area contributed by atoms with Crippen molar-refractivity contribution in [2.75, 3.05) is 0 Å². The highest BCUT2D eigenvalue weighted by atomic mass is 19.1. The number of hydrogen-bond donors (Lipinski definition) is 1. The van der Waals surface area contributed by atoms with Gasteiger partial charge >= 0.3 is 5.69 Å². The van der Waals surface area contributed by atoms with Gasteiger partial charge in [-0.25, -0.2) is 0 Å². The average molecular weight is 290 g/mol. The zero-order chi connectivity index (χ0) is 15.4. The van der Waals surface area contributed by atoms with Crippen molar-refractivity contribution in [3.8, 4) is 5.75 Å². The quantitative estimate of drug-likeness (QED) is 0.676. The van der Waals surface area contributed by atoms with Gasteiger partial charge in [0.15, 0.2) is 0 Å². The molecule has 21 heavy (non-hydrogen) atoms. The topological polar surface area (TPSA) is 78.4 Å². The van der Waals surface area contributed by atoms with Crippen LogP contribution in [0.5, 0.6) is 5.75 Å². The minimum absolute atomic E-state index is 0.110. The van der Waals surface area contributed by atoms with Gasteiger partial charge in [0.2, 0.25) is 5.82 Å². The third-order valence-electron chi connectivity index (χ3n) is 3.01. The van der Waals surface area contributed by atoms with E-state index in [4.69, 9.17) is 10.5 Å². The molecule has 0 aliphatic carbocycles. The summed E-state index contributed by atoms with van der Waals surface area (Å²) in [7, 11) is 0. The molecular formula is C15H15FN2O3. The molecule has 110 valence electrons. The molecule has 2 aromatic carbocycles. The molecule has 0 aliphatic heterocycles. The highest BCUT2D eigenvalue weighted by Gasteiger charge is 2.14. The lowest BCUT2D eigenvalue weighted by molar-refractivity contribution is -0.387. The number of benzene rings is 2. The van der Waals surface area contributed by atoms with Crippen LogP contribution in [0.25, 0.3) is 0 Å². The Hall–Kier alpha value is -2.47. The van der Waals surface area contributed by atoms with Crippen LogP contribution >= 0.6 is 0 Å². The molecule has 2 aromatic rings. The first-order valence-corrected chi connectivity index (χ1v) is 6.39. The molecule has 0 aliphatic rings. The third-order valence-corrected chi connectivity index (χ3v) is 3.01. The first-order valence-electron chi connectivity index (χ1n) is 6.39. The molecule has 0 heterocycles. The second kappa shape index (κ2) is 6.32. The van der Waals surface area contributed by atoms with Gasteiger partial charge in [-0.2, -0.15) is 4.39 Å². The first kappa shape index (κ1) is 14.9. The molecule has 2 N–H and O–H groups in total. The number of nitro groups is 1. The fourth-order valence-electron chi connectivity index (χ4n) is 1.94. The van der Waals surface area contributed by atoms with E-state index in [9.17, 15) is 14.5 Å². The summed E-state index contributed by atoms with van der Waals surface area (Å²) < 4.78 is 19.1. The molecule has 0 saturated carbocycles. The van der Waals surface area contributed by atoms with Gasteiger partial charge in [0.05, 0.1) is 4.92 Å². The van der Waals surface area contributed by atoms with Crippen LogP contribution in [0.1, 0.15) is 24.1 Å². The van der Waals surface area contributed by atoms with E-state index in [0.717, 1.165) is 17.7 Å². The SMILES string of the molecule is CC(N)c1ccccc1OCc1ccc([N+](=O)[O-])c(F)c1. The Bertz CT molecular complexity index is 659. The summed E-state index contributed by atoms with van der Waals surface area (Å²) in [5.74, 6) is -0.257. The Kier molecular flexibility index (Phi) is 4.49. The number of nitrogens with zero attached hydrogens (tertiary/aromatic N) is 1. The Labute approximate surface area is 121 Å². The van der Waals surface area contributed by atoms with E-state index < -0.39 is 16.4 Å². The number of rotatable bonds is 5. The summed E-state index contributed by atoms with van der Waals surface area (Å²) in [6.45, 7) is 1.95. The summed E-state index contributed by atoms with van der Waals surface area (Å²) in [6, 6.07) is 10.8. The van der Waals surface area contributed by atoms with Crippen molar-refractivity contribution in [1.82, 2.24) is 0 Å². The van der Waals surface area contributed by atoms with E-state index in [2.05, 4.69) is 0 Å². The van der Waals surface area contributed by atoms with Gasteiger partial charge in [-0.1, -0.05) is 18.2 Å². The number of hydrogen-bond acceptors (Lipinski definition) is 4. The van der Waals surface area contributed by atoms with Crippen LogP contribution in [0.3, 0.4) is 0 Å². The molecule has 2 rings (SSSR count). The van der Waals surface area contributed by atoms with Crippen molar-refractivity contribution in [3.05, 3.63) is 69.5 Å². The second-order valence-corrected chi connectivity index (χ2v) is 4.66. The monoisotopic (exact) mass is 290 g/mol. The zero-order valence-corrected chi connectivity index (χ0v) is 11.5. The molecular weight excluding hydrogens is 275 g/mol. The molecule has 6 heteroatoms. The van der Waals surface area contributed by atoms with Crippen molar-refractivity contribution in [3.63, 3.8) is 0 Å². The molecule has 0 aromatic heterocycles. The van der Waals surface area contributed by atoms with Gasteiger partial charge < -0.3 is 10.5 Å². The van der Waals surface area contributed by atoms with Crippen molar-refractivity contribution >= 4 is 5.69 Å². The maximum atomic E-state index is 13.5. The smallest absolute Gasteiger partial charge is 0.304 e. The minimum atomic E-state index is -0.874. The molecule has 0 saturated heterocycles. The molecule has 1 atom stereocenters. The van der Waals surface area contributed by atoms with Gasteiger partial charge in [0, 0.05) is 17.7 Å². The van der Waals surface area contributed by atoms with E-state index in [1.165, 1.54) is 6.07 Å². The van der Waals surface area contributed by atoms with Crippen molar-refractivity contribution in [2.45, 2.75) is 19.6 Å². The molecule has 0 radical (unpaired) electrons. The molecule has 5 nitrogen and oxygen atoms in total. The number of nitrogens with two attached hydrogens (primary N) is 1. The van der Waals surface area contributed by atoms with Gasteiger partial charge in [-0.3, -0.25) is 10.1 Å². The Morgan fingerprint density at radius 1 is 1.33 bits per heavy atom. The third kappa shape index (κ3) is 3.55. The summed E-state index contributed by atoms with van der Waals surface area (Å²) in [4.78, 5) is 9.79. The fraction of sp³-hybridized carbons (Fsp3) is 0.200. The van der Waals surface area contributed by atoms with E-state index in [1.54, 1.807) is 6.07 Å². The Balaban J connectivity index is 2.14. The second-order valence-electron chi connectivity index (χ2n) is 4.66. The van der Waals surface area contributed by atoms with Crippen LogP contribution < -0.4 is 10.5 Å². The largest absolute Gasteiger partial charge is 0.489 e. The number of ether oxygens (including phenoxy) is 1. The lowest BCUT2D eigenvalue weighted by atomic mass is 10.1. The molecule has 0 bridgehead atoms. The summed E-state index contributed by atoms with van der Waals surface area (Å²) >= 11 is 0. The Morgan fingerprint density at radius 2 is 2.05 bits per heavy atom. The molecule has 0 fully saturated rings.